The SMILES string of the molecule is Cc1cc(C(=O)O)nn1CCCc1ccccc1F. The third-order valence-corrected chi connectivity index (χ3v) is 2.97. The molecule has 0 saturated heterocycles. The van der Waals surface area contributed by atoms with Crippen molar-refractivity contribution in [2.24, 2.45) is 0 Å². The van der Waals surface area contributed by atoms with Crippen LogP contribution in [0.2, 0.25) is 0 Å². The van der Waals surface area contributed by atoms with Crippen LogP contribution in [0.5, 0.6) is 0 Å². The lowest BCUT2D eigenvalue weighted by molar-refractivity contribution is 0.0689. The van der Waals surface area contributed by atoms with Gasteiger partial charge in [0.2, 0.25) is 0 Å². The van der Waals surface area contributed by atoms with Crippen molar-refractivity contribution in [2.45, 2.75) is 26.3 Å². The number of carbonyl (C=O) groups is 1. The zero-order valence-corrected chi connectivity index (χ0v) is 10.6. The molecule has 1 N–H and O–H groups in total. The normalized spacial score (nSPS) is 10.6. The summed E-state index contributed by atoms with van der Waals surface area (Å²) in [4.78, 5) is 10.8. The minimum Gasteiger partial charge on any atom is -0.476 e. The molecule has 0 aliphatic rings. The first kappa shape index (κ1) is 13.3. The van der Waals surface area contributed by atoms with Gasteiger partial charge in [-0.1, -0.05) is 18.2 Å². The third kappa shape index (κ3) is 3.19. The van der Waals surface area contributed by atoms with Crippen molar-refractivity contribution in [3.8, 4) is 0 Å². The van der Waals surface area contributed by atoms with E-state index in [1.807, 2.05) is 6.92 Å². The van der Waals surface area contributed by atoms with Gasteiger partial charge in [-0.15, -0.1) is 0 Å². The van der Waals surface area contributed by atoms with E-state index < -0.39 is 5.97 Å². The lowest BCUT2D eigenvalue weighted by Crippen LogP contribution is -2.06. The average molecular weight is 262 g/mol. The molecule has 2 aromatic rings. The number of aromatic nitrogens is 2. The predicted octanol–water partition coefficient (Wildman–Crippen LogP) is 2.66. The van der Waals surface area contributed by atoms with Gasteiger partial charge >= 0.3 is 5.97 Å². The van der Waals surface area contributed by atoms with Crippen LogP contribution in [-0.4, -0.2) is 20.9 Å². The van der Waals surface area contributed by atoms with Crippen LogP contribution >= 0.6 is 0 Å². The zero-order valence-electron chi connectivity index (χ0n) is 10.6. The van der Waals surface area contributed by atoms with Crippen molar-refractivity contribution >= 4 is 5.97 Å². The van der Waals surface area contributed by atoms with Gasteiger partial charge in [0.05, 0.1) is 0 Å². The highest BCUT2D eigenvalue weighted by Crippen LogP contribution is 2.10. The van der Waals surface area contributed by atoms with Crippen molar-refractivity contribution in [2.75, 3.05) is 0 Å². The second kappa shape index (κ2) is 5.65. The molecule has 0 fully saturated rings. The third-order valence-electron chi connectivity index (χ3n) is 2.97. The summed E-state index contributed by atoms with van der Waals surface area (Å²) in [7, 11) is 0. The van der Waals surface area contributed by atoms with Gasteiger partial charge < -0.3 is 5.11 Å². The fourth-order valence-corrected chi connectivity index (χ4v) is 1.96. The van der Waals surface area contributed by atoms with E-state index in [0.717, 1.165) is 5.69 Å². The Balaban J connectivity index is 1.96. The van der Waals surface area contributed by atoms with E-state index in [4.69, 9.17) is 5.11 Å². The van der Waals surface area contributed by atoms with Gasteiger partial charge in [-0.2, -0.15) is 5.10 Å². The summed E-state index contributed by atoms with van der Waals surface area (Å²) in [5.74, 6) is -1.23. The predicted molar refractivity (Wildman–Crippen MR) is 68.6 cm³/mol. The molecular weight excluding hydrogens is 247 g/mol. The maximum absolute atomic E-state index is 13.4. The van der Waals surface area contributed by atoms with Gasteiger partial charge in [-0.05, 0) is 37.5 Å². The van der Waals surface area contributed by atoms with Crippen molar-refractivity contribution in [1.82, 2.24) is 9.78 Å². The lowest BCUT2D eigenvalue weighted by Gasteiger charge is -2.05. The number of carboxylic acid groups (broad SMARTS) is 1. The first-order chi connectivity index (χ1) is 9.08. The van der Waals surface area contributed by atoms with Gasteiger partial charge in [0.15, 0.2) is 5.69 Å². The Hall–Kier alpha value is -2.17. The molecule has 0 spiro atoms. The van der Waals surface area contributed by atoms with Gasteiger partial charge in [-0.3, -0.25) is 4.68 Å². The molecule has 0 bridgehead atoms. The fraction of sp³-hybridized carbons (Fsp3) is 0.286. The Morgan fingerprint density at radius 1 is 1.42 bits per heavy atom. The molecule has 1 aromatic carbocycles. The highest BCUT2D eigenvalue weighted by atomic mass is 19.1. The number of hydrogen-bond donors (Lipinski definition) is 1. The molecule has 1 heterocycles. The first-order valence-electron chi connectivity index (χ1n) is 6.09. The molecule has 0 saturated carbocycles. The molecule has 0 radical (unpaired) electrons. The largest absolute Gasteiger partial charge is 0.476 e. The van der Waals surface area contributed by atoms with Crippen LogP contribution in [0.25, 0.3) is 0 Å². The minimum atomic E-state index is -1.03. The Morgan fingerprint density at radius 2 is 2.16 bits per heavy atom. The van der Waals surface area contributed by atoms with E-state index in [1.165, 1.54) is 12.1 Å². The van der Waals surface area contributed by atoms with Crippen LogP contribution in [0.4, 0.5) is 4.39 Å². The number of halogens is 1. The maximum Gasteiger partial charge on any atom is 0.356 e. The topological polar surface area (TPSA) is 55.1 Å². The Bertz CT molecular complexity index is 593. The molecule has 0 unspecified atom stereocenters. The van der Waals surface area contributed by atoms with Gasteiger partial charge in [0.25, 0.3) is 0 Å². The maximum atomic E-state index is 13.4. The van der Waals surface area contributed by atoms with E-state index in [1.54, 1.807) is 22.9 Å². The summed E-state index contributed by atoms with van der Waals surface area (Å²) in [5, 5.41) is 12.8. The standard InChI is InChI=1S/C14H15FN2O2/c1-10-9-13(14(18)19)16-17(10)8-4-6-11-5-2-3-7-12(11)15/h2-3,5,7,9H,4,6,8H2,1H3,(H,18,19). The summed E-state index contributed by atoms with van der Waals surface area (Å²) in [5.41, 5.74) is 1.51. The van der Waals surface area contributed by atoms with Crippen LogP contribution in [0, 0.1) is 12.7 Å². The summed E-state index contributed by atoms with van der Waals surface area (Å²) in [6.45, 7) is 2.38. The molecule has 2 rings (SSSR count). The summed E-state index contributed by atoms with van der Waals surface area (Å²) in [6.07, 6.45) is 1.32. The van der Waals surface area contributed by atoms with Crippen molar-refractivity contribution in [3.05, 3.63) is 53.1 Å². The first-order valence-corrected chi connectivity index (χ1v) is 6.09. The quantitative estimate of drug-likeness (QED) is 0.901. The average Bonchev–Trinajstić information content (AvgIpc) is 2.74. The summed E-state index contributed by atoms with van der Waals surface area (Å²) >= 11 is 0. The Labute approximate surface area is 110 Å². The van der Waals surface area contributed by atoms with Crippen LogP contribution < -0.4 is 0 Å². The van der Waals surface area contributed by atoms with Crippen molar-refractivity contribution in [1.29, 1.82) is 0 Å². The van der Waals surface area contributed by atoms with E-state index in [2.05, 4.69) is 5.10 Å². The summed E-state index contributed by atoms with van der Waals surface area (Å²) < 4.78 is 15.0. The molecule has 0 aliphatic heterocycles. The van der Waals surface area contributed by atoms with E-state index in [9.17, 15) is 9.18 Å². The van der Waals surface area contributed by atoms with Gasteiger partial charge in [-0.25, -0.2) is 9.18 Å². The molecule has 4 nitrogen and oxygen atoms in total. The molecule has 0 atom stereocenters. The Morgan fingerprint density at radius 3 is 2.79 bits per heavy atom. The van der Waals surface area contributed by atoms with Gasteiger partial charge in [0.1, 0.15) is 5.82 Å². The second-order valence-corrected chi connectivity index (χ2v) is 4.39. The van der Waals surface area contributed by atoms with Crippen molar-refractivity contribution < 1.29 is 14.3 Å². The van der Waals surface area contributed by atoms with Crippen LogP contribution in [0.1, 0.15) is 28.2 Å². The Kier molecular flexibility index (Phi) is 3.94. The lowest BCUT2D eigenvalue weighted by atomic mass is 10.1. The van der Waals surface area contributed by atoms with Crippen LogP contribution in [0.15, 0.2) is 30.3 Å². The van der Waals surface area contributed by atoms with Crippen molar-refractivity contribution in [3.63, 3.8) is 0 Å². The van der Waals surface area contributed by atoms with E-state index >= 15 is 0 Å². The molecule has 0 amide bonds. The molecule has 19 heavy (non-hydrogen) atoms. The fourth-order valence-electron chi connectivity index (χ4n) is 1.96. The number of benzene rings is 1. The highest BCUT2D eigenvalue weighted by molar-refractivity contribution is 5.85. The summed E-state index contributed by atoms with van der Waals surface area (Å²) in [6, 6.07) is 8.20. The molecule has 5 heteroatoms. The molecule has 100 valence electrons. The molecular formula is C14H15FN2O2. The van der Waals surface area contributed by atoms with Crippen LogP contribution in [-0.2, 0) is 13.0 Å². The molecule has 1 aromatic heterocycles. The molecule has 0 aliphatic carbocycles. The highest BCUT2D eigenvalue weighted by Gasteiger charge is 2.10. The second-order valence-electron chi connectivity index (χ2n) is 4.39. The van der Waals surface area contributed by atoms with E-state index in [-0.39, 0.29) is 11.5 Å². The monoisotopic (exact) mass is 262 g/mol. The van der Waals surface area contributed by atoms with Crippen LogP contribution in [0.3, 0.4) is 0 Å². The smallest absolute Gasteiger partial charge is 0.356 e. The minimum absolute atomic E-state index is 0.0448. The van der Waals surface area contributed by atoms with Gasteiger partial charge in [0, 0.05) is 12.2 Å². The number of aryl methyl sites for hydroxylation is 3. The van der Waals surface area contributed by atoms with E-state index in [0.29, 0.717) is 24.9 Å². The number of hydrogen-bond acceptors (Lipinski definition) is 2. The number of aromatic carboxylic acids is 1. The number of carboxylic acids is 1. The number of nitrogens with zero attached hydrogens (tertiary/aromatic N) is 2. The zero-order chi connectivity index (χ0) is 13.8. The number of rotatable bonds is 5.